The van der Waals surface area contributed by atoms with Gasteiger partial charge in [-0.15, -0.1) is 6.58 Å². The van der Waals surface area contributed by atoms with E-state index in [0.717, 1.165) is 10.3 Å². The van der Waals surface area contributed by atoms with E-state index < -0.39 is 83.7 Å². The van der Waals surface area contributed by atoms with Crippen LogP contribution in [0.4, 0.5) is 10.5 Å². The summed E-state index contributed by atoms with van der Waals surface area (Å²) in [6.07, 6.45) is 3.46. The number of nitrogens with zero attached hydrogens (tertiary/aromatic N) is 3. The fourth-order valence-electron chi connectivity index (χ4n) is 7.49. The molecule has 18 heteroatoms. The van der Waals surface area contributed by atoms with Crippen LogP contribution in [0, 0.1) is 11.3 Å². The van der Waals surface area contributed by atoms with Gasteiger partial charge in [-0.3, -0.25) is 14.3 Å². The van der Waals surface area contributed by atoms with Crippen molar-refractivity contribution in [2.75, 3.05) is 19.0 Å². The van der Waals surface area contributed by atoms with E-state index in [4.69, 9.17) is 21.1 Å². The lowest BCUT2D eigenvalue weighted by Crippen LogP contribution is -2.64. The Hall–Kier alpha value is -4.45. The van der Waals surface area contributed by atoms with Crippen molar-refractivity contribution in [2.24, 2.45) is 11.3 Å². The molecule has 1 aromatic heterocycles. The zero-order valence-corrected chi connectivity index (χ0v) is 36.9. The summed E-state index contributed by atoms with van der Waals surface area (Å²) in [5.41, 5.74) is -3.18. The van der Waals surface area contributed by atoms with Gasteiger partial charge < -0.3 is 19.7 Å². The van der Waals surface area contributed by atoms with E-state index in [0.29, 0.717) is 41.1 Å². The highest BCUT2D eigenvalue weighted by molar-refractivity contribution is 7.91. The average molecular weight is 873 g/mol. The number of hydrogen-bond donors (Lipinski definition) is 3. The number of anilines is 1. The number of sulfonamides is 2. The third-order valence-corrected chi connectivity index (χ3v) is 14.6. The second-order valence-electron chi connectivity index (χ2n) is 17.7. The summed E-state index contributed by atoms with van der Waals surface area (Å²) in [7, 11) is -6.42. The number of urea groups is 1. The van der Waals surface area contributed by atoms with Crippen LogP contribution in [0.3, 0.4) is 0 Å². The summed E-state index contributed by atoms with van der Waals surface area (Å²) in [5.74, 6) is -1.75. The molecule has 2 saturated carbocycles. The number of nitrogens with one attached hydrogen (secondary N) is 3. The van der Waals surface area contributed by atoms with Crippen LogP contribution in [0.15, 0.2) is 66.2 Å². The van der Waals surface area contributed by atoms with E-state index >= 15 is 9.59 Å². The van der Waals surface area contributed by atoms with Crippen molar-refractivity contribution in [2.45, 2.75) is 114 Å². The first-order chi connectivity index (χ1) is 27.4. The largest absolute Gasteiger partial charge is 0.494 e. The Morgan fingerprint density at radius 2 is 1.69 bits per heavy atom. The molecule has 1 unspecified atom stereocenters. The maximum absolute atomic E-state index is 15.2. The van der Waals surface area contributed by atoms with Crippen LogP contribution in [0.2, 0.25) is 5.02 Å². The van der Waals surface area contributed by atoms with Crippen molar-refractivity contribution in [1.82, 2.24) is 24.2 Å². The summed E-state index contributed by atoms with van der Waals surface area (Å²) in [5, 5.41) is 4.22. The second-order valence-corrected chi connectivity index (χ2v) is 21.8. The summed E-state index contributed by atoms with van der Waals surface area (Å²) < 4.78 is 69.1. The quantitative estimate of drug-likeness (QED) is 0.175. The number of halogens is 1. The van der Waals surface area contributed by atoms with E-state index in [1.807, 2.05) is 0 Å². The lowest BCUT2D eigenvalue weighted by atomic mass is 9.85. The first-order valence-electron chi connectivity index (χ1n) is 19.4. The molecule has 1 aliphatic heterocycles. The van der Waals surface area contributed by atoms with Gasteiger partial charge in [0, 0.05) is 45.4 Å². The van der Waals surface area contributed by atoms with Crippen molar-refractivity contribution in [3.63, 3.8) is 0 Å². The molecule has 59 heavy (non-hydrogen) atoms. The molecule has 1 saturated heterocycles. The minimum Gasteiger partial charge on any atom is -0.494 e. The Kier molecular flexibility index (Phi) is 11.9. The van der Waals surface area contributed by atoms with Crippen LogP contribution >= 0.6 is 11.6 Å². The molecule has 6 rings (SSSR count). The van der Waals surface area contributed by atoms with Gasteiger partial charge in [0.05, 0.1) is 30.0 Å². The molecule has 0 spiro atoms. The van der Waals surface area contributed by atoms with E-state index in [1.165, 1.54) is 48.5 Å². The number of imide groups is 1. The van der Waals surface area contributed by atoms with Crippen LogP contribution < -0.4 is 24.2 Å². The molecule has 5 atom stereocenters. The van der Waals surface area contributed by atoms with Gasteiger partial charge in [0.15, 0.2) is 0 Å². The number of ether oxygens (including phenoxy) is 2. The van der Waals surface area contributed by atoms with Crippen molar-refractivity contribution in [3.05, 3.63) is 66.3 Å². The monoisotopic (exact) mass is 872 g/mol. The molecule has 3 aromatic rings. The molecule has 0 bridgehead atoms. The molecular weight excluding hydrogens is 820 g/mol. The Bertz CT molecular complexity index is 2380. The lowest BCUT2D eigenvalue weighted by molar-refractivity contribution is -0.141. The Labute approximate surface area is 351 Å². The number of amides is 4. The number of fused-ring (bicyclic) bond motifs is 1. The van der Waals surface area contributed by atoms with E-state index in [-0.39, 0.29) is 23.7 Å². The number of carbonyl (C=O) groups excluding carboxylic acids is 3. The third kappa shape index (κ3) is 9.17. The summed E-state index contributed by atoms with van der Waals surface area (Å²) in [4.78, 5) is 51.5. The fraction of sp³-hybridized carbons (Fsp3) is 0.512. The maximum Gasteiger partial charge on any atom is 0.328 e. The van der Waals surface area contributed by atoms with Gasteiger partial charge >= 0.3 is 6.03 Å². The Balaban J connectivity index is 1.35. The zero-order chi connectivity index (χ0) is 43.5. The van der Waals surface area contributed by atoms with Crippen LogP contribution in [-0.4, -0.2) is 97.6 Å². The number of pyridine rings is 1. The molecule has 4 amide bonds. The maximum atomic E-state index is 15.2. The zero-order valence-electron chi connectivity index (χ0n) is 34.5. The highest BCUT2D eigenvalue weighted by Crippen LogP contribution is 2.52. The summed E-state index contributed by atoms with van der Waals surface area (Å²) >= 11 is 6.34. The van der Waals surface area contributed by atoms with Crippen LogP contribution in [0.5, 0.6) is 11.6 Å². The minimum atomic E-state index is -4.08. The van der Waals surface area contributed by atoms with E-state index in [9.17, 15) is 21.6 Å². The topological polar surface area (TPSA) is 193 Å². The fourth-order valence-corrected chi connectivity index (χ4v) is 10.4. The number of hydrogen-bond acceptors (Lipinski definition) is 11. The van der Waals surface area contributed by atoms with E-state index in [1.54, 1.807) is 66.7 Å². The lowest BCUT2D eigenvalue weighted by Gasteiger charge is -2.40. The number of aromatic nitrogens is 1. The average Bonchev–Trinajstić information content (AvgIpc) is 4.07. The molecule has 0 radical (unpaired) electrons. The van der Waals surface area contributed by atoms with Crippen molar-refractivity contribution >= 4 is 66.0 Å². The van der Waals surface area contributed by atoms with Gasteiger partial charge in [-0.1, -0.05) is 38.4 Å². The van der Waals surface area contributed by atoms with Crippen LogP contribution in [0.1, 0.15) is 74.1 Å². The minimum absolute atomic E-state index is 0.00251. The van der Waals surface area contributed by atoms with Gasteiger partial charge in [-0.25, -0.2) is 36.2 Å². The first-order valence-corrected chi connectivity index (χ1v) is 22.9. The van der Waals surface area contributed by atoms with Crippen LogP contribution in [-0.2, 0) is 29.6 Å². The Morgan fingerprint density at radius 3 is 2.25 bits per heavy atom. The van der Waals surface area contributed by atoms with Gasteiger partial charge in [0.25, 0.3) is 11.8 Å². The second kappa shape index (κ2) is 15.9. The number of likely N-dealkylation sites (tertiary alicyclic amines) is 1. The highest BCUT2D eigenvalue weighted by Gasteiger charge is 2.68. The predicted octanol–water partition coefficient (Wildman–Crippen LogP) is 5.84. The molecule has 3 N–H and O–H groups in total. The van der Waals surface area contributed by atoms with Crippen molar-refractivity contribution < 1.29 is 40.7 Å². The predicted molar refractivity (Wildman–Crippen MR) is 225 cm³/mol. The van der Waals surface area contributed by atoms with Crippen molar-refractivity contribution in [1.29, 1.82) is 0 Å². The third-order valence-electron chi connectivity index (χ3n) is 10.8. The molecule has 2 aromatic carbocycles. The van der Waals surface area contributed by atoms with Crippen LogP contribution in [0.25, 0.3) is 10.8 Å². The molecule has 15 nitrogen and oxygen atoms in total. The van der Waals surface area contributed by atoms with Gasteiger partial charge in [-0.2, -0.15) is 0 Å². The molecule has 3 fully saturated rings. The summed E-state index contributed by atoms with van der Waals surface area (Å²) in [6.45, 7) is 16.2. The standard InChI is InChI=1S/C41H53ClN6O9S2/c1-10-25-21-41(25,37(50)45-58(52,53)29-16-17-29)48(36(49)34(39(3,4)5)44-27-12-14-30(15-13-27)59(54,55)46-40(6,7)8)38(51)47-23-28(19-24(47)2)57-35-32-20-26(42)11-18-31(32)33(56-9)22-43-35/h10-15,18,20,22,24-25,28-29,34,44,46H,1,16-17,19,21,23H2,2-9H3,(H,45,50)/t24?,25-,28-,34+,41-/m1/s1. The number of benzene rings is 2. The number of methoxy groups -OCH3 is 1. The molecule has 3 aliphatic rings. The summed E-state index contributed by atoms with van der Waals surface area (Å²) in [6, 6.07) is 8.57. The SMILES string of the molecule is C=C[C@@H]1C[C@@]1(C(=O)NS(=O)(=O)C1CC1)N(C(=O)[C@H](Nc1ccc(S(=O)(=O)NC(C)(C)C)cc1)C(C)(C)C)C(=O)N1C[C@H](Oc2ncc(OC)c3ccc(Cl)cc23)CC1C. The number of rotatable bonds is 13. The van der Waals surface area contributed by atoms with Gasteiger partial charge in [-0.05, 0) is 94.8 Å². The smallest absolute Gasteiger partial charge is 0.328 e. The first kappa shape index (κ1) is 44.1. The molecular formula is C41H53ClN6O9S2. The van der Waals surface area contributed by atoms with Crippen molar-refractivity contribution in [3.8, 4) is 11.6 Å². The van der Waals surface area contributed by atoms with E-state index in [2.05, 4.69) is 26.3 Å². The van der Waals surface area contributed by atoms with Gasteiger partial charge in [0.2, 0.25) is 25.9 Å². The normalized spacial score (nSPS) is 22.7. The number of carbonyl (C=O) groups is 3. The highest BCUT2D eigenvalue weighted by atomic mass is 35.5. The Morgan fingerprint density at radius 1 is 1.03 bits per heavy atom. The molecule has 2 aliphatic carbocycles. The molecule has 2 heterocycles. The van der Waals surface area contributed by atoms with Gasteiger partial charge in [0.1, 0.15) is 23.4 Å². The molecule has 320 valence electrons.